The molecule has 2 rings (SSSR count). The Morgan fingerprint density at radius 1 is 1.42 bits per heavy atom. The van der Waals surface area contributed by atoms with E-state index in [0.29, 0.717) is 31.1 Å². The fourth-order valence-corrected chi connectivity index (χ4v) is 4.32. The van der Waals surface area contributed by atoms with Gasteiger partial charge in [0.1, 0.15) is 0 Å². The molecule has 1 aromatic rings. The normalized spacial score (nSPS) is 21.5. The molecule has 1 aliphatic rings. The first kappa shape index (κ1) is 14.5. The second-order valence-corrected chi connectivity index (χ2v) is 6.84. The summed E-state index contributed by atoms with van der Waals surface area (Å²) in [7, 11) is -3.46. The third-order valence-electron chi connectivity index (χ3n) is 3.50. The SMILES string of the molecule is Cc1ccc(C)c(S(=O)(=O)N2CCNCC2CN)c1. The van der Waals surface area contributed by atoms with E-state index in [4.69, 9.17) is 5.73 Å². The van der Waals surface area contributed by atoms with E-state index >= 15 is 0 Å². The van der Waals surface area contributed by atoms with Gasteiger partial charge in [-0.05, 0) is 31.0 Å². The largest absolute Gasteiger partial charge is 0.329 e. The second-order valence-electron chi connectivity index (χ2n) is 4.98. The van der Waals surface area contributed by atoms with Crippen molar-refractivity contribution in [1.29, 1.82) is 0 Å². The molecule has 1 aromatic carbocycles. The highest BCUT2D eigenvalue weighted by molar-refractivity contribution is 7.89. The van der Waals surface area contributed by atoms with Crippen LogP contribution in [0.25, 0.3) is 0 Å². The highest BCUT2D eigenvalue weighted by atomic mass is 32.2. The fourth-order valence-electron chi connectivity index (χ4n) is 2.37. The third kappa shape index (κ3) is 2.81. The van der Waals surface area contributed by atoms with Crippen LogP contribution in [0.15, 0.2) is 23.1 Å². The summed E-state index contributed by atoms with van der Waals surface area (Å²) in [5.74, 6) is 0. The molecule has 5 nitrogen and oxygen atoms in total. The molecular weight excluding hydrogens is 262 g/mol. The van der Waals surface area contributed by atoms with Crippen LogP contribution >= 0.6 is 0 Å². The van der Waals surface area contributed by atoms with Crippen LogP contribution in [-0.4, -0.2) is 44.9 Å². The Labute approximate surface area is 114 Å². The van der Waals surface area contributed by atoms with Crippen molar-refractivity contribution in [2.75, 3.05) is 26.2 Å². The number of sulfonamides is 1. The number of nitrogens with two attached hydrogens (primary N) is 1. The molecule has 1 unspecified atom stereocenters. The molecule has 1 heterocycles. The number of aryl methyl sites for hydroxylation is 2. The maximum Gasteiger partial charge on any atom is 0.243 e. The van der Waals surface area contributed by atoms with Gasteiger partial charge < -0.3 is 11.1 Å². The second kappa shape index (κ2) is 5.58. The Bertz CT molecular complexity index is 557. The molecule has 1 atom stereocenters. The van der Waals surface area contributed by atoms with Crippen LogP contribution in [0.5, 0.6) is 0 Å². The smallest absolute Gasteiger partial charge is 0.243 e. The first-order valence-corrected chi connectivity index (χ1v) is 7.90. The van der Waals surface area contributed by atoms with E-state index in [-0.39, 0.29) is 6.04 Å². The molecule has 0 aromatic heterocycles. The predicted octanol–water partition coefficient (Wildman–Crippen LogP) is 0.225. The van der Waals surface area contributed by atoms with Gasteiger partial charge in [0.25, 0.3) is 0 Å². The monoisotopic (exact) mass is 283 g/mol. The molecule has 0 spiro atoms. The predicted molar refractivity (Wildman–Crippen MR) is 75.5 cm³/mol. The van der Waals surface area contributed by atoms with E-state index in [1.807, 2.05) is 26.0 Å². The van der Waals surface area contributed by atoms with Crippen molar-refractivity contribution < 1.29 is 8.42 Å². The summed E-state index contributed by atoms with van der Waals surface area (Å²) in [6, 6.07) is 5.34. The van der Waals surface area contributed by atoms with Crippen LogP contribution in [0, 0.1) is 13.8 Å². The van der Waals surface area contributed by atoms with Crippen LogP contribution in [0.4, 0.5) is 0 Å². The van der Waals surface area contributed by atoms with Crippen molar-refractivity contribution in [1.82, 2.24) is 9.62 Å². The minimum atomic E-state index is -3.46. The standard InChI is InChI=1S/C13H21N3O2S/c1-10-3-4-11(2)13(7-10)19(17,18)16-6-5-15-9-12(16)8-14/h3-4,7,12,15H,5-6,8-9,14H2,1-2H3. The molecular formula is C13H21N3O2S. The van der Waals surface area contributed by atoms with E-state index in [2.05, 4.69) is 5.32 Å². The molecule has 1 fully saturated rings. The average molecular weight is 283 g/mol. The molecule has 1 saturated heterocycles. The van der Waals surface area contributed by atoms with Gasteiger partial charge in [0, 0.05) is 32.2 Å². The number of benzene rings is 1. The van der Waals surface area contributed by atoms with Gasteiger partial charge in [-0.25, -0.2) is 8.42 Å². The van der Waals surface area contributed by atoms with Crippen LogP contribution in [0.3, 0.4) is 0 Å². The van der Waals surface area contributed by atoms with Crippen molar-refractivity contribution in [2.24, 2.45) is 5.73 Å². The molecule has 0 amide bonds. The average Bonchev–Trinajstić information content (AvgIpc) is 2.41. The van der Waals surface area contributed by atoms with Crippen LogP contribution in [0.1, 0.15) is 11.1 Å². The lowest BCUT2D eigenvalue weighted by atomic mass is 10.2. The van der Waals surface area contributed by atoms with Crippen molar-refractivity contribution in [2.45, 2.75) is 24.8 Å². The molecule has 0 saturated carbocycles. The topological polar surface area (TPSA) is 75.4 Å². The van der Waals surface area contributed by atoms with Gasteiger partial charge in [0.2, 0.25) is 10.0 Å². The summed E-state index contributed by atoms with van der Waals surface area (Å²) in [4.78, 5) is 0.396. The lowest BCUT2D eigenvalue weighted by Crippen LogP contribution is -2.56. The lowest BCUT2D eigenvalue weighted by molar-refractivity contribution is 0.272. The fraction of sp³-hybridized carbons (Fsp3) is 0.538. The van der Waals surface area contributed by atoms with Crippen LogP contribution < -0.4 is 11.1 Å². The van der Waals surface area contributed by atoms with Crippen LogP contribution in [0.2, 0.25) is 0 Å². The Kier molecular flexibility index (Phi) is 4.25. The summed E-state index contributed by atoms with van der Waals surface area (Å²) in [5, 5.41) is 3.18. The van der Waals surface area contributed by atoms with Gasteiger partial charge in [-0.3, -0.25) is 0 Å². The van der Waals surface area contributed by atoms with Gasteiger partial charge in [-0.1, -0.05) is 12.1 Å². The van der Waals surface area contributed by atoms with Crippen molar-refractivity contribution in [3.8, 4) is 0 Å². The Morgan fingerprint density at radius 3 is 2.84 bits per heavy atom. The third-order valence-corrected chi connectivity index (χ3v) is 5.59. The molecule has 3 N–H and O–H groups in total. The summed E-state index contributed by atoms with van der Waals surface area (Å²) in [6.07, 6.45) is 0. The lowest BCUT2D eigenvalue weighted by Gasteiger charge is -2.34. The van der Waals surface area contributed by atoms with E-state index in [1.165, 1.54) is 4.31 Å². The molecule has 106 valence electrons. The van der Waals surface area contributed by atoms with Crippen molar-refractivity contribution >= 4 is 10.0 Å². The Morgan fingerprint density at radius 2 is 2.16 bits per heavy atom. The first-order chi connectivity index (χ1) is 8.96. The highest BCUT2D eigenvalue weighted by Gasteiger charge is 2.33. The van der Waals surface area contributed by atoms with Crippen molar-refractivity contribution in [3.63, 3.8) is 0 Å². The minimum Gasteiger partial charge on any atom is -0.329 e. The zero-order chi connectivity index (χ0) is 14.0. The van der Waals surface area contributed by atoms with E-state index < -0.39 is 10.0 Å². The minimum absolute atomic E-state index is 0.168. The number of piperazine rings is 1. The zero-order valence-electron chi connectivity index (χ0n) is 11.4. The van der Waals surface area contributed by atoms with Gasteiger partial charge in [-0.2, -0.15) is 4.31 Å². The summed E-state index contributed by atoms with van der Waals surface area (Å²) < 4.78 is 27.1. The molecule has 19 heavy (non-hydrogen) atoms. The summed E-state index contributed by atoms with van der Waals surface area (Å²) >= 11 is 0. The number of nitrogens with one attached hydrogen (secondary N) is 1. The highest BCUT2D eigenvalue weighted by Crippen LogP contribution is 2.23. The van der Waals surface area contributed by atoms with E-state index in [1.54, 1.807) is 6.07 Å². The summed E-state index contributed by atoms with van der Waals surface area (Å²) in [6.45, 7) is 5.80. The number of nitrogens with zero attached hydrogens (tertiary/aromatic N) is 1. The van der Waals surface area contributed by atoms with Gasteiger partial charge in [-0.15, -0.1) is 0 Å². The zero-order valence-corrected chi connectivity index (χ0v) is 12.2. The molecule has 0 bridgehead atoms. The first-order valence-electron chi connectivity index (χ1n) is 6.46. The number of hydrogen-bond acceptors (Lipinski definition) is 4. The van der Waals surface area contributed by atoms with Gasteiger partial charge in [0.05, 0.1) is 4.90 Å². The quantitative estimate of drug-likeness (QED) is 0.832. The van der Waals surface area contributed by atoms with E-state index in [9.17, 15) is 8.42 Å². The van der Waals surface area contributed by atoms with E-state index in [0.717, 1.165) is 11.1 Å². The Hall–Kier alpha value is -0.950. The van der Waals surface area contributed by atoms with Crippen molar-refractivity contribution in [3.05, 3.63) is 29.3 Å². The van der Waals surface area contributed by atoms with Crippen LogP contribution in [-0.2, 0) is 10.0 Å². The maximum atomic E-state index is 12.8. The molecule has 0 radical (unpaired) electrons. The molecule has 1 aliphatic heterocycles. The van der Waals surface area contributed by atoms with Gasteiger partial charge in [0.15, 0.2) is 0 Å². The maximum absolute atomic E-state index is 12.8. The summed E-state index contributed by atoms with van der Waals surface area (Å²) in [5.41, 5.74) is 7.42. The van der Waals surface area contributed by atoms with Gasteiger partial charge >= 0.3 is 0 Å². The molecule has 0 aliphatic carbocycles. The number of hydrogen-bond donors (Lipinski definition) is 2. The molecule has 6 heteroatoms. The number of rotatable bonds is 3. The Balaban J connectivity index is 2.43.